The molecule has 8 nitrogen and oxygen atoms in total. The molecule has 0 fully saturated rings. The Morgan fingerprint density at radius 2 is 1.92 bits per heavy atom. The van der Waals surface area contributed by atoms with Gasteiger partial charge >= 0.3 is 0 Å². The first-order chi connectivity index (χ1) is 11.4. The number of sulfonamides is 1. The van der Waals surface area contributed by atoms with Gasteiger partial charge in [-0.05, 0) is 30.2 Å². The summed E-state index contributed by atoms with van der Waals surface area (Å²) in [4.78, 5) is 10.1. The van der Waals surface area contributed by atoms with Gasteiger partial charge in [0.1, 0.15) is 0 Å². The molecule has 24 heavy (non-hydrogen) atoms. The van der Waals surface area contributed by atoms with E-state index in [-0.39, 0.29) is 23.9 Å². The van der Waals surface area contributed by atoms with Crippen LogP contribution in [0.2, 0.25) is 0 Å². The standard InChI is InChI=1S/C15H14N2O6S/c1-10-2-4-12(17(18)19)7-15(10)24(20,21)16-8-11-3-5-13-14(6-11)23-9-22-13/h2-7,16H,8-9H2,1H3. The Hall–Kier alpha value is -2.65. The topological polar surface area (TPSA) is 108 Å². The lowest BCUT2D eigenvalue weighted by molar-refractivity contribution is -0.385. The van der Waals surface area contributed by atoms with Gasteiger partial charge in [-0.25, -0.2) is 13.1 Å². The molecule has 0 bridgehead atoms. The normalized spacial score (nSPS) is 13.0. The first-order valence-corrected chi connectivity index (χ1v) is 8.48. The van der Waals surface area contributed by atoms with E-state index in [0.717, 1.165) is 6.07 Å². The van der Waals surface area contributed by atoms with Crippen molar-refractivity contribution in [2.45, 2.75) is 18.4 Å². The quantitative estimate of drug-likeness (QED) is 0.653. The Morgan fingerprint density at radius 3 is 2.67 bits per heavy atom. The van der Waals surface area contributed by atoms with Crippen molar-refractivity contribution < 1.29 is 22.8 Å². The van der Waals surface area contributed by atoms with Crippen LogP contribution in [0.4, 0.5) is 5.69 Å². The molecule has 3 rings (SSSR count). The van der Waals surface area contributed by atoms with Gasteiger partial charge < -0.3 is 9.47 Å². The molecular formula is C15H14N2O6S. The number of hydrogen-bond acceptors (Lipinski definition) is 6. The molecule has 126 valence electrons. The van der Waals surface area contributed by atoms with E-state index in [2.05, 4.69) is 4.72 Å². The number of nitrogens with zero attached hydrogens (tertiary/aromatic N) is 1. The fourth-order valence-corrected chi connectivity index (χ4v) is 3.58. The molecule has 0 aliphatic carbocycles. The predicted octanol–water partition coefficient (Wildman–Crippen LogP) is 2.11. The van der Waals surface area contributed by atoms with Crippen molar-refractivity contribution in [1.29, 1.82) is 0 Å². The van der Waals surface area contributed by atoms with E-state index in [4.69, 9.17) is 9.47 Å². The average molecular weight is 350 g/mol. The van der Waals surface area contributed by atoms with Crippen molar-refractivity contribution in [3.63, 3.8) is 0 Å². The van der Waals surface area contributed by atoms with Gasteiger partial charge in [0.05, 0.1) is 9.82 Å². The minimum absolute atomic E-state index is 0.0289. The molecule has 0 saturated heterocycles. The van der Waals surface area contributed by atoms with E-state index >= 15 is 0 Å². The van der Waals surface area contributed by atoms with Crippen LogP contribution >= 0.6 is 0 Å². The van der Waals surface area contributed by atoms with Gasteiger partial charge in [0, 0.05) is 18.7 Å². The molecule has 9 heteroatoms. The number of nitrogens with one attached hydrogen (secondary N) is 1. The zero-order chi connectivity index (χ0) is 17.3. The Bertz CT molecular complexity index is 910. The number of fused-ring (bicyclic) bond motifs is 1. The molecule has 2 aromatic rings. The molecule has 0 saturated carbocycles. The van der Waals surface area contributed by atoms with Gasteiger partial charge in [-0.1, -0.05) is 12.1 Å². The summed E-state index contributed by atoms with van der Waals surface area (Å²) >= 11 is 0. The molecule has 1 N–H and O–H groups in total. The van der Waals surface area contributed by atoms with Crippen molar-refractivity contribution >= 4 is 15.7 Å². The van der Waals surface area contributed by atoms with Crippen LogP contribution in [0, 0.1) is 17.0 Å². The minimum Gasteiger partial charge on any atom is -0.454 e. The lowest BCUT2D eigenvalue weighted by atomic mass is 10.2. The molecule has 0 atom stereocenters. The molecule has 2 aromatic carbocycles. The highest BCUT2D eigenvalue weighted by Gasteiger charge is 2.21. The van der Waals surface area contributed by atoms with Crippen LogP contribution in [0.15, 0.2) is 41.3 Å². The maximum Gasteiger partial charge on any atom is 0.270 e. The Labute approximate surface area is 138 Å². The number of ether oxygens (including phenoxy) is 2. The van der Waals surface area contributed by atoms with Crippen LogP contribution in [-0.2, 0) is 16.6 Å². The molecule has 1 aliphatic rings. The summed E-state index contributed by atoms with van der Waals surface area (Å²) < 4.78 is 37.8. The summed E-state index contributed by atoms with van der Waals surface area (Å²) in [6, 6.07) is 8.84. The monoisotopic (exact) mass is 350 g/mol. The average Bonchev–Trinajstić information content (AvgIpc) is 3.00. The molecule has 0 radical (unpaired) electrons. The van der Waals surface area contributed by atoms with Crippen LogP contribution in [-0.4, -0.2) is 20.1 Å². The number of nitro groups is 1. The predicted molar refractivity (Wildman–Crippen MR) is 84.4 cm³/mol. The lowest BCUT2D eigenvalue weighted by Gasteiger charge is -2.09. The Balaban J connectivity index is 1.81. The minimum atomic E-state index is -3.89. The summed E-state index contributed by atoms with van der Waals surface area (Å²) in [6.07, 6.45) is 0. The fourth-order valence-electron chi connectivity index (χ4n) is 2.30. The molecule has 0 aromatic heterocycles. The van der Waals surface area contributed by atoms with Crippen molar-refractivity contribution in [1.82, 2.24) is 4.72 Å². The lowest BCUT2D eigenvalue weighted by Crippen LogP contribution is -2.24. The third kappa shape index (κ3) is 3.17. The summed E-state index contributed by atoms with van der Waals surface area (Å²) in [5, 5.41) is 10.8. The zero-order valence-corrected chi connectivity index (χ0v) is 13.5. The Kier molecular flexibility index (Phi) is 4.12. The van der Waals surface area contributed by atoms with E-state index in [1.807, 2.05) is 0 Å². The number of aryl methyl sites for hydroxylation is 1. The second-order valence-corrected chi connectivity index (χ2v) is 6.95. The van der Waals surface area contributed by atoms with Crippen LogP contribution in [0.3, 0.4) is 0 Å². The number of rotatable bonds is 5. The molecule has 0 amide bonds. The van der Waals surface area contributed by atoms with Gasteiger partial charge in [-0.3, -0.25) is 10.1 Å². The number of nitro benzene ring substituents is 1. The molecule has 0 spiro atoms. The zero-order valence-electron chi connectivity index (χ0n) is 12.7. The van der Waals surface area contributed by atoms with Gasteiger partial charge in [0.2, 0.25) is 16.8 Å². The first kappa shape index (κ1) is 16.2. The number of non-ortho nitro benzene ring substituents is 1. The van der Waals surface area contributed by atoms with Gasteiger partial charge in [-0.15, -0.1) is 0 Å². The third-order valence-corrected chi connectivity index (χ3v) is 5.12. The Morgan fingerprint density at radius 1 is 1.17 bits per heavy atom. The maximum absolute atomic E-state index is 12.4. The van der Waals surface area contributed by atoms with Gasteiger partial charge in [-0.2, -0.15) is 0 Å². The van der Waals surface area contributed by atoms with Crippen molar-refractivity contribution in [2.24, 2.45) is 0 Å². The largest absolute Gasteiger partial charge is 0.454 e. The highest BCUT2D eigenvalue weighted by molar-refractivity contribution is 7.89. The summed E-state index contributed by atoms with van der Waals surface area (Å²) in [7, 11) is -3.89. The number of benzene rings is 2. The number of hydrogen-bond donors (Lipinski definition) is 1. The van der Waals surface area contributed by atoms with Gasteiger partial charge in [0.25, 0.3) is 5.69 Å². The SMILES string of the molecule is Cc1ccc([N+](=O)[O-])cc1S(=O)(=O)NCc1ccc2c(c1)OCO2. The molecule has 1 heterocycles. The second-order valence-electron chi connectivity index (χ2n) is 5.22. The van der Waals surface area contributed by atoms with E-state index in [1.54, 1.807) is 25.1 Å². The highest BCUT2D eigenvalue weighted by Crippen LogP contribution is 2.32. The van der Waals surface area contributed by atoms with Crippen LogP contribution in [0.5, 0.6) is 11.5 Å². The van der Waals surface area contributed by atoms with Crippen LogP contribution < -0.4 is 14.2 Å². The first-order valence-electron chi connectivity index (χ1n) is 7.00. The van der Waals surface area contributed by atoms with E-state index in [0.29, 0.717) is 22.6 Å². The summed E-state index contributed by atoms with van der Waals surface area (Å²) in [5.41, 5.74) is 0.841. The van der Waals surface area contributed by atoms with Gasteiger partial charge in [0.15, 0.2) is 11.5 Å². The summed E-state index contributed by atoms with van der Waals surface area (Å²) in [5.74, 6) is 1.16. The second kappa shape index (κ2) is 6.10. The van der Waals surface area contributed by atoms with E-state index in [1.165, 1.54) is 12.1 Å². The fraction of sp³-hybridized carbons (Fsp3) is 0.200. The molecular weight excluding hydrogens is 336 g/mol. The van der Waals surface area contributed by atoms with E-state index < -0.39 is 14.9 Å². The third-order valence-electron chi connectivity index (χ3n) is 3.58. The van der Waals surface area contributed by atoms with Crippen LogP contribution in [0.1, 0.15) is 11.1 Å². The van der Waals surface area contributed by atoms with Crippen molar-refractivity contribution in [2.75, 3.05) is 6.79 Å². The van der Waals surface area contributed by atoms with Crippen molar-refractivity contribution in [3.8, 4) is 11.5 Å². The molecule has 1 aliphatic heterocycles. The smallest absolute Gasteiger partial charge is 0.270 e. The van der Waals surface area contributed by atoms with Crippen molar-refractivity contribution in [3.05, 3.63) is 57.6 Å². The van der Waals surface area contributed by atoms with Crippen LogP contribution in [0.25, 0.3) is 0 Å². The maximum atomic E-state index is 12.4. The molecule has 0 unspecified atom stereocenters. The highest BCUT2D eigenvalue weighted by atomic mass is 32.2. The van der Waals surface area contributed by atoms with E-state index in [9.17, 15) is 18.5 Å². The summed E-state index contributed by atoms with van der Waals surface area (Å²) in [6.45, 7) is 1.75.